The zero-order valence-electron chi connectivity index (χ0n) is 4.63. The van der Waals surface area contributed by atoms with E-state index in [-0.39, 0.29) is 39.9 Å². The van der Waals surface area contributed by atoms with E-state index in [0.29, 0.717) is 0 Å². The van der Waals surface area contributed by atoms with Crippen LogP contribution < -0.4 is 14.7 Å². The van der Waals surface area contributed by atoms with Gasteiger partial charge in [0.1, 0.15) is 0 Å². The quantitative estimate of drug-likeness (QED) is 0.375. The first-order valence-electron chi connectivity index (χ1n) is 1.51. The van der Waals surface area contributed by atoms with Crippen LogP contribution in [0.2, 0.25) is 0 Å². The van der Waals surface area contributed by atoms with E-state index in [0.717, 1.165) is 0 Å². The van der Waals surface area contributed by atoms with E-state index in [4.69, 9.17) is 38.5 Å². The van der Waals surface area contributed by atoms with E-state index in [1.807, 2.05) is 0 Å². The van der Waals surface area contributed by atoms with Crippen LogP contribution in [0.1, 0.15) is 0 Å². The predicted octanol–water partition coefficient (Wildman–Crippen LogP) is -3.75. The molecule has 0 fully saturated rings. The van der Waals surface area contributed by atoms with Crippen molar-refractivity contribution in [3.8, 4) is 0 Å². The van der Waals surface area contributed by atoms with Gasteiger partial charge in [-0.15, -0.1) is 0 Å². The van der Waals surface area contributed by atoms with Crippen molar-refractivity contribution in [3.63, 3.8) is 0 Å². The number of rotatable bonds is 0. The third-order valence-electron chi connectivity index (χ3n) is 0. The first kappa shape index (κ1) is 18.4. The van der Waals surface area contributed by atoms with Gasteiger partial charge in [0.2, 0.25) is 0 Å². The minimum absolute atomic E-state index is 0. The summed E-state index contributed by atoms with van der Waals surface area (Å²) in [5.74, 6) is 0. The average Bonchev–Trinajstić information content (AvgIpc) is 1.12. The van der Waals surface area contributed by atoms with Gasteiger partial charge in [-0.2, -0.15) is 7.82 Å². The third kappa shape index (κ3) is 441. The molecule has 0 aromatic carbocycles. The molecule has 0 heterocycles. The molecule has 0 aliphatic carbocycles. The fraction of sp³-hybridized carbons (Fsp3) is 0. The topological polar surface area (TPSA) is 164 Å². The molecule has 0 aromatic rings. The Balaban J connectivity index is -0.000000107. The fourth-order valence-corrected chi connectivity index (χ4v) is 0. The minimum Gasteiger partial charge on any atom is -0.822 e. The largest absolute Gasteiger partial charge is 3.00 e. The van der Waals surface area contributed by atoms with Gasteiger partial charge in [0.15, 0.2) is 0 Å². The smallest absolute Gasteiger partial charge is 0.822 e. The van der Waals surface area contributed by atoms with E-state index < -0.39 is 15.6 Å². The van der Waals surface area contributed by atoms with Crippen LogP contribution in [-0.2, 0) is 9.13 Å². The van der Waals surface area contributed by atoms with E-state index >= 15 is 0 Å². The molecule has 11 heteroatoms. The van der Waals surface area contributed by atoms with Crippen LogP contribution in [0.4, 0.5) is 0 Å². The van der Waals surface area contributed by atoms with Gasteiger partial charge < -0.3 is 33.9 Å². The van der Waals surface area contributed by atoms with Crippen molar-refractivity contribution >= 4 is 15.6 Å². The molecular formula is H3GdO8P2. The predicted molar refractivity (Wildman–Crippen MR) is 21.9 cm³/mol. The second-order valence-corrected chi connectivity index (χ2v) is 2.88. The Morgan fingerprint density at radius 2 is 0.909 bits per heavy atom. The second-order valence-electron chi connectivity index (χ2n) is 0.960. The molecule has 0 spiro atoms. The Bertz CT molecular complexity index is 124. The normalized spacial score (nSPS) is 10.7. The van der Waals surface area contributed by atoms with Crippen molar-refractivity contribution in [1.82, 2.24) is 0 Å². The third-order valence-corrected chi connectivity index (χ3v) is 0. The van der Waals surface area contributed by atoms with Crippen LogP contribution in [0.25, 0.3) is 0 Å². The van der Waals surface area contributed by atoms with Crippen LogP contribution in [0.5, 0.6) is 0 Å². The molecule has 1 radical (unpaired) electrons. The van der Waals surface area contributed by atoms with Crippen molar-refractivity contribution < 1.29 is 78.4 Å². The first-order chi connectivity index (χ1) is 4.00. The Kier molecular flexibility index (Phi) is 11.7. The molecule has 0 amide bonds. The molecule has 69 valence electrons. The fourth-order valence-electron chi connectivity index (χ4n) is 0. The van der Waals surface area contributed by atoms with Crippen molar-refractivity contribution in [2.24, 2.45) is 0 Å². The van der Waals surface area contributed by atoms with Gasteiger partial charge in [0, 0.05) is 0 Å². The van der Waals surface area contributed by atoms with Crippen LogP contribution in [0, 0.1) is 39.9 Å². The maximum absolute atomic E-state index is 8.88. The minimum atomic E-state index is -5.39. The van der Waals surface area contributed by atoms with Crippen LogP contribution >= 0.6 is 15.6 Å². The maximum atomic E-state index is 8.88. The summed E-state index contributed by atoms with van der Waals surface area (Å²) in [5.41, 5.74) is 0. The molecule has 0 aliphatic rings. The van der Waals surface area contributed by atoms with Crippen molar-refractivity contribution in [2.45, 2.75) is 0 Å². The maximum Gasteiger partial charge on any atom is 3.00 e. The molecule has 0 unspecified atom stereocenters. The number of phosphoric acid groups is 2. The first-order valence-corrected chi connectivity index (χ1v) is 4.54. The average molecular weight is 350 g/mol. The van der Waals surface area contributed by atoms with Gasteiger partial charge in [-0.3, -0.25) is 0 Å². The summed E-state index contributed by atoms with van der Waals surface area (Å²) in [6.45, 7) is 0. The Hall–Kier alpha value is 1.54. The number of hydrogen-bond donors (Lipinski definition) is 3. The number of hydrogen-bond acceptors (Lipinski definition) is 5. The summed E-state index contributed by atoms with van der Waals surface area (Å²) in [7, 11) is -10.0. The molecule has 0 saturated carbocycles. The monoisotopic (exact) mass is 351 g/mol. The molecule has 0 rings (SSSR count). The standard InChI is InChI=1S/Gd.2H3O4P/c;2*1-5(2,3)4/h;2*(H3,1,2,3,4)/q+3;;/p-3. The molecule has 0 aromatic heterocycles. The molecule has 0 aliphatic heterocycles. The van der Waals surface area contributed by atoms with Crippen LogP contribution in [0.15, 0.2) is 0 Å². The second kappa shape index (κ2) is 7.00. The van der Waals surface area contributed by atoms with Gasteiger partial charge in [0.25, 0.3) is 0 Å². The van der Waals surface area contributed by atoms with Crippen LogP contribution in [0.3, 0.4) is 0 Å². The summed E-state index contributed by atoms with van der Waals surface area (Å²) in [4.78, 5) is 47.2. The zero-order valence-corrected chi connectivity index (χ0v) is 8.69. The summed E-state index contributed by atoms with van der Waals surface area (Å²) < 4.78 is 17.4. The Labute approximate surface area is 93.4 Å². The van der Waals surface area contributed by atoms with Crippen molar-refractivity contribution in [3.05, 3.63) is 0 Å². The summed E-state index contributed by atoms with van der Waals surface area (Å²) in [6.07, 6.45) is 0. The van der Waals surface area contributed by atoms with Gasteiger partial charge >= 0.3 is 47.8 Å². The summed E-state index contributed by atoms with van der Waals surface area (Å²) >= 11 is 0. The van der Waals surface area contributed by atoms with Crippen molar-refractivity contribution in [2.75, 3.05) is 0 Å². The van der Waals surface area contributed by atoms with Crippen molar-refractivity contribution in [1.29, 1.82) is 0 Å². The molecule has 0 bridgehead atoms. The van der Waals surface area contributed by atoms with Gasteiger partial charge in [-0.05, 0) is 0 Å². The molecule has 0 saturated heterocycles. The van der Waals surface area contributed by atoms with E-state index in [1.165, 1.54) is 0 Å². The molecular weight excluding hydrogens is 347 g/mol. The molecule has 0 atom stereocenters. The van der Waals surface area contributed by atoms with Gasteiger partial charge in [0.05, 0.1) is 0 Å². The van der Waals surface area contributed by atoms with Crippen LogP contribution in [-0.4, -0.2) is 14.7 Å². The Morgan fingerprint density at radius 1 is 0.909 bits per heavy atom. The summed E-state index contributed by atoms with van der Waals surface area (Å²) in [5, 5.41) is 0. The van der Waals surface area contributed by atoms with Gasteiger partial charge in [-0.1, -0.05) is 0 Å². The Morgan fingerprint density at radius 3 is 0.909 bits per heavy atom. The zero-order chi connectivity index (χ0) is 9.00. The van der Waals surface area contributed by atoms with E-state index in [2.05, 4.69) is 0 Å². The molecule has 3 N–H and O–H groups in total. The summed E-state index contributed by atoms with van der Waals surface area (Å²) in [6, 6.07) is 0. The van der Waals surface area contributed by atoms with E-state index in [9.17, 15) is 0 Å². The van der Waals surface area contributed by atoms with E-state index in [1.54, 1.807) is 0 Å². The molecule has 8 nitrogen and oxygen atoms in total. The SMILES string of the molecule is O=P(O)(O)O.O=P([O-])([O-])[O-].[Gd+3]. The molecule has 11 heavy (non-hydrogen) atoms. The van der Waals surface area contributed by atoms with Gasteiger partial charge in [-0.25, -0.2) is 4.57 Å².